The van der Waals surface area contributed by atoms with Gasteiger partial charge in [-0.15, -0.1) is 12.4 Å². The lowest BCUT2D eigenvalue weighted by Gasteiger charge is -2.25. The topological polar surface area (TPSA) is 46.3 Å². The predicted molar refractivity (Wildman–Crippen MR) is 89.9 cm³/mol. The molecule has 0 aliphatic carbocycles. The van der Waals surface area contributed by atoms with Gasteiger partial charge in [-0.25, -0.2) is 0 Å². The molecule has 0 saturated carbocycles. The molecular weight excluding hydrogens is 341 g/mol. The summed E-state index contributed by atoms with van der Waals surface area (Å²) < 4.78 is 37.7. The van der Waals surface area contributed by atoms with Gasteiger partial charge in [0, 0.05) is 18.5 Å². The summed E-state index contributed by atoms with van der Waals surface area (Å²) in [6.07, 6.45) is -2.98. The van der Waals surface area contributed by atoms with Crippen molar-refractivity contribution in [2.24, 2.45) is 17.6 Å². The van der Waals surface area contributed by atoms with E-state index >= 15 is 0 Å². The van der Waals surface area contributed by atoms with Gasteiger partial charge in [-0.2, -0.15) is 13.2 Å². The molecule has 1 saturated heterocycles. The summed E-state index contributed by atoms with van der Waals surface area (Å²) in [5.74, 6) is 0.131. The molecule has 1 aliphatic heterocycles. The number of halogens is 4. The number of likely N-dealkylation sites (tertiary alicyclic amines) is 1. The minimum atomic E-state index is -4.33. The minimum absolute atomic E-state index is 0. The number of carbonyl (C=O) groups is 1. The summed E-state index contributed by atoms with van der Waals surface area (Å²) in [5, 5.41) is 0. The van der Waals surface area contributed by atoms with Crippen LogP contribution in [0.1, 0.15) is 31.4 Å². The van der Waals surface area contributed by atoms with Gasteiger partial charge >= 0.3 is 6.18 Å². The molecule has 1 aromatic carbocycles. The van der Waals surface area contributed by atoms with Crippen molar-refractivity contribution in [1.29, 1.82) is 0 Å². The maximum Gasteiger partial charge on any atom is 0.416 e. The van der Waals surface area contributed by atoms with E-state index in [1.807, 2.05) is 18.7 Å². The fraction of sp³-hybridized carbons (Fsp3) is 0.588. The Balaban J connectivity index is 0.00000288. The van der Waals surface area contributed by atoms with Crippen LogP contribution in [-0.2, 0) is 17.4 Å². The molecule has 2 N–H and O–H groups in total. The number of alkyl halides is 3. The third-order valence-corrected chi connectivity index (χ3v) is 4.52. The first-order valence-corrected chi connectivity index (χ1v) is 7.89. The molecule has 0 spiro atoms. The summed E-state index contributed by atoms with van der Waals surface area (Å²) in [4.78, 5) is 14.4. The quantitative estimate of drug-likeness (QED) is 0.888. The summed E-state index contributed by atoms with van der Waals surface area (Å²) >= 11 is 0. The van der Waals surface area contributed by atoms with Gasteiger partial charge in [0.1, 0.15) is 0 Å². The van der Waals surface area contributed by atoms with E-state index < -0.39 is 11.7 Å². The van der Waals surface area contributed by atoms with Gasteiger partial charge in [0.25, 0.3) is 0 Å². The Morgan fingerprint density at radius 1 is 1.33 bits per heavy atom. The van der Waals surface area contributed by atoms with Crippen LogP contribution in [0.2, 0.25) is 0 Å². The van der Waals surface area contributed by atoms with E-state index in [4.69, 9.17) is 5.73 Å². The van der Waals surface area contributed by atoms with E-state index in [9.17, 15) is 18.0 Å². The van der Waals surface area contributed by atoms with E-state index in [-0.39, 0.29) is 30.3 Å². The van der Waals surface area contributed by atoms with Crippen LogP contribution in [0.5, 0.6) is 0 Å². The molecule has 0 aromatic heterocycles. The first-order chi connectivity index (χ1) is 10.7. The van der Waals surface area contributed by atoms with Crippen molar-refractivity contribution in [2.45, 2.75) is 38.9 Å². The van der Waals surface area contributed by atoms with Crippen LogP contribution >= 0.6 is 12.4 Å². The third kappa shape index (κ3) is 4.86. The van der Waals surface area contributed by atoms with E-state index in [0.29, 0.717) is 25.4 Å². The van der Waals surface area contributed by atoms with Crippen molar-refractivity contribution in [1.82, 2.24) is 4.90 Å². The van der Waals surface area contributed by atoms with Gasteiger partial charge in [-0.1, -0.05) is 19.1 Å². The Labute approximate surface area is 146 Å². The first-order valence-electron chi connectivity index (χ1n) is 7.89. The normalized spacial score (nSPS) is 22.2. The lowest BCUT2D eigenvalue weighted by Crippen LogP contribution is -2.38. The molecule has 0 radical (unpaired) electrons. The molecule has 0 bridgehead atoms. The van der Waals surface area contributed by atoms with Crippen LogP contribution in [0, 0.1) is 11.8 Å². The number of rotatable bonds is 4. The van der Waals surface area contributed by atoms with Crippen LogP contribution in [0.15, 0.2) is 24.3 Å². The highest BCUT2D eigenvalue weighted by molar-refractivity contribution is 5.85. The lowest BCUT2D eigenvalue weighted by molar-refractivity contribution is -0.138. The van der Waals surface area contributed by atoms with E-state index in [1.165, 1.54) is 12.1 Å². The number of hydrogen-bond acceptors (Lipinski definition) is 2. The van der Waals surface area contributed by atoms with Crippen molar-refractivity contribution in [2.75, 3.05) is 13.1 Å². The highest BCUT2D eigenvalue weighted by atomic mass is 35.5. The zero-order valence-electron chi connectivity index (χ0n) is 13.8. The van der Waals surface area contributed by atoms with Crippen LogP contribution < -0.4 is 5.73 Å². The maximum atomic E-state index is 12.6. The second-order valence-corrected chi connectivity index (χ2v) is 6.48. The molecule has 1 fully saturated rings. The fourth-order valence-corrected chi connectivity index (χ4v) is 3.17. The first kappa shape index (κ1) is 20.8. The van der Waals surface area contributed by atoms with E-state index in [1.54, 1.807) is 0 Å². The Kier molecular flexibility index (Phi) is 7.10. The van der Waals surface area contributed by atoms with Gasteiger partial charge in [-0.3, -0.25) is 4.79 Å². The van der Waals surface area contributed by atoms with Gasteiger partial charge < -0.3 is 10.6 Å². The number of hydrogen-bond donors (Lipinski definition) is 1. The molecule has 1 aromatic rings. The van der Waals surface area contributed by atoms with Crippen LogP contribution in [-0.4, -0.2) is 29.9 Å². The van der Waals surface area contributed by atoms with Gasteiger partial charge in [0.2, 0.25) is 5.91 Å². The molecule has 1 heterocycles. The SMILES string of the molecule is CC(Cc1ccc(C(F)(F)F)cc1)C(=O)N1CC(CN)CC1C.Cl. The van der Waals surface area contributed by atoms with Crippen LogP contribution in [0.25, 0.3) is 0 Å². The highest BCUT2D eigenvalue weighted by Gasteiger charge is 2.34. The van der Waals surface area contributed by atoms with Crippen molar-refractivity contribution < 1.29 is 18.0 Å². The number of nitrogens with two attached hydrogens (primary N) is 1. The summed E-state index contributed by atoms with van der Waals surface area (Å²) in [5.41, 5.74) is 5.75. The largest absolute Gasteiger partial charge is 0.416 e. The Morgan fingerprint density at radius 2 is 1.92 bits per heavy atom. The standard InChI is InChI=1S/C17H23F3N2O.ClH/c1-11(16(23)22-10-14(9-21)8-12(22)2)7-13-3-5-15(6-4-13)17(18,19)20;/h3-6,11-12,14H,7-10,21H2,1-2H3;1H. The molecule has 136 valence electrons. The summed E-state index contributed by atoms with van der Waals surface area (Å²) in [7, 11) is 0. The van der Waals surface area contributed by atoms with Crippen molar-refractivity contribution >= 4 is 18.3 Å². The molecular formula is C17H24ClF3N2O. The van der Waals surface area contributed by atoms with Gasteiger partial charge in [0.15, 0.2) is 0 Å². The lowest BCUT2D eigenvalue weighted by atomic mass is 9.98. The zero-order valence-corrected chi connectivity index (χ0v) is 14.7. The summed E-state index contributed by atoms with van der Waals surface area (Å²) in [6.45, 7) is 5.08. The second kappa shape index (κ2) is 8.21. The van der Waals surface area contributed by atoms with E-state index in [2.05, 4.69) is 0 Å². The Hall–Kier alpha value is -1.27. The van der Waals surface area contributed by atoms with Crippen molar-refractivity contribution in [3.05, 3.63) is 35.4 Å². The Bertz CT molecular complexity index is 548. The van der Waals surface area contributed by atoms with Gasteiger partial charge in [0.05, 0.1) is 5.56 Å². The molecule has 3 unspecified atom stereocenters. The molecule has 1 aliphatic rings. The highest BCUT2D eigenvalue weighted by Crippen LogP contribution is 2.30. The average molecular weight is 365 g/mol. The maximum absolute atomic E-state index is 12.6. The van der Waals surface area contributed by atoms with E-state index in [0.717, 1.165) is 24.1 Å². The van der Waals surface area contributed by atoms with Crippen LogP contribution in [0.3, 0.4) is 0 Å². The molecule has 7 heteroatoms. The third-order valence-electron chi connectivity index (χ3n) is 4.52. The summed E-state index contributed by atoms with van der Waals surface area (Å²) in [6, 6.07) is 5.20. The molecule has 3 atom stereocenters. The second-order valence-electron chi connectivity index (χ2n) is 6.48. The Morgan fingerprint density at radius 3 is 2.38 bits per heavy atom. The molecule has 2 rings (SSSR count). The fourth-order valence-electron chi connectivity index (χ4n) is 3.17. The monoisotopic (exact) mass is 364 g/mol. The molecule has 24 heavy (non-hydrogen) atoms. The minimum Gasteiger partial charge on any atom is -0.339 e. The molecule has 1 amide bonds. The zero-order chi connectivity index (χ0) is 17.2. The van der Waals surface area contributed by atoms with Crippen molar-refractivity contribution in [3.63, 3.8) is 0 Å². The number of nitrogens with zero attached hydrogens (tertiary/aromatic N) is 1. The molecule has 3 nitrogen and oxygen atoms in total. The van der Waals surface area contributed by atoms with Crippen molar-refractivity contribution in [3.8, 4) is 0 Å². The van der Waals surface area contributed by atoms with Gasteiger partial charge in [-0.05, 0) is 49.9 Å². The smallest absolute Gasteiger partial charge is 0.339 e. The predicted octanol–water partition coefficient (Wildman–Crippen LogP) is 3.50. The van der Waals surface area contributed by atoms with Crippen LogP contribution in [0.4, 0.5) is 13.2 Å². The number of amides is 1. The average Bonchev–Trinajstić information content (AvgIpc) is 2.87. The number of benzene rings is 1. The number of carbonyl (C=O) groups excluding carboxylic acids is 1.